The van der Waals surface area contributed by atoms with E-state index in [9.17, 15) is 0 Å². The van der Waals surface area contributed by atoms with Crippen molar-refractivity contribution in [2.75, 3.05) is 37.6 Å². The first-order valence-electron chi connectivity index (χ1n) is 6.87. The Kier molecular flexibility index (Phi) is 4.55. The molecule has 4 nitrogen and oxygen atoms in total. The van der Waals surface area contributed by atoms with E-state index in [1.54, 1.807) is 0 Å². The maximum absolute atomic E-state index is 5.64. The Hall–Kier alpha value is -1.13. The molecule has 1 aromatic heterocycles. The molecule has 1 saturated heterocycles. The fraction of sp³-hybridized carbons (Fsp3) is 0.643. The first-order chi connectivity index (χ1) is 8.74. The molecule has 0 radical (unpaired) electrons. The second-order valence-corrected chi connectivity index (χ2v) is 5.02. The predicted octanol–water partition coefficient (Wildman–Crippen LogP) is 1.38. The van der Waals surface area contributed by atoms with Gasteiger partial charge in [-0.25, -0.2) is 4.98 Å². The number of nitrogens with two attached hydrogens (primary N) is 1. The van der Waals surface area contributed by atoms with Gasteiger partial charge < -0.3 is 10.6 Å². The van der Waals surface area contributed by atoms with Crippen molar-refractivity contribution in [3.63, 3.8) is 0 Å². The van der Waals surface area contributed by atoms with Crippen LogP contribution in [0.3, 0.4) is 0 Å². The van der Waals surface area contributed by atoms with E-state index in [1.165, 1.54) is 18.5 Å². The summed E-state index contributed by atoms with van der Waals surface area (Å²) in [5, 5.41) is 0. The van der Waals surface area contributed by atoms with Crippen molar-refractivity contribution in [3.8, 4) is 0 Å². The Morgan fingerprint density at radius 1 is 1.28 bits per heavy atom. The van der Waals surface area contributed by atoms with Gasteiger partial charge in [0.25, 0.3) is 0 Å². The van der Waals surface area contributed by atoms with E-state index in [1.807, 2.05) is 6.20 Å². The molecule has 4 heteroatoms. The van der Waals surface area contributed by atoms with Gasteiger partial charge in [0.2, 0.25) is 0 Å². The molecule has 0 aromatic carbocycles. The molecule has 0 unspecified atom stereocenters. The molecule has 2 N–H and O–H groups in total. The van der Waals surface area contributed by atoms with Crippen molar-refractivity contribution in [3.05, 3.63) is 23.4 Å². The van der Waals surface area contributed by atoms with Gasteiger partial charge >= 0.3 is 0 Å². The number of piperazine rings is 1. The zero-order chi connectivity index (χ0) is 13.0. The molecule has 0 atom stereocenters. The highest BCUT2D eigenvalue weighted by Gasteiger charge is 2.18. The van der Waals surface area contributed by atoms with E-state index < -0.39 is 0 Å². The molecule has 1 aromatic rings. The van der Waals surface area contributed by atoms with Crippen molar-refractivity contribution in [2.24, 2.45) is 5.73 Å². The van der Waals surface area contributed by atoms with Crippen molar-refractivity contribution in [2.45, 2.75) is 26.8 Å². The quantitative estimate of drug-likeness (QED) is 0.874. The van der Waals surface area contributed by atoms with Crippen molar-refractivity contribution < 1.29 is 0 Å². The van der Waals surface area contributed by atoms with E-state index in [2.05, 4.69) is 34.7 Å². The number of hydrogen-bond acceptors (Lipinski definition) is 4. The predicted molar refractivity (Wildman–Crippen MR) is 75.8 cm³/mol. The van der Waals surface area contributed by atoms with Crippen LogP contribution in [-0.4, -0.2) is 42.6 Å². The number of anilines is 1. The Bertz CT molecular complexity index is 383. The summed E-state index contributed by atoms with van der Waals surface area (Å²) in [6.07, 6.45) is 3.14. The molecule has 0 aliphatic carbocycles. The third-order valence-electron chi connectivity index (χ3n) is 3.55. The van der Waals surface area contributed by atoms with Gasteiger partial charge in [-0.05, 0) is 37.1 Å². The van der Waals surface area contributed by atoms with Gasteiger partial charge in [-0.15, -0.1) is 0 Å². The summed E-state index contributed by atoms with van der Waals surface area (Å²) >= 11 is 0. The van der Waals surface area contributed by atoms with Gasteiger partial charge in [-0.3, -0.25) is 4.90 Å². The second-order valence-electron chi connectivity index (χ2n) is 5.02. The van der Waals surface area contributed by atoms with E-state index in [4.69, 9.17) is 5.73 Å². The smallest absolute Gasteiger partial charge is 0.131 e. The van der Waals surface area contributed by atoms with E-state index in [0.29, 0.717) is 6.54 Å². The second kappa shape index (κ2) is 6.16. The summed E-state index contributed by atoms with van der Waals surface area (Å²) < 4.78 is 0. The lowest BCUT2D eigenvalue weighted by molar-refractivity contribution is 0.258. The summed E-state index contributed by atoms with van der Waals surface area (Å²) in [6.45, 7) is 10.6. The van der Waals surface area contributed by atoms with Crippen LogP contribution in [0.25, 0.3) is 0 Å². The van der Waals surface area contributed by atoms with Crippen LogP contribution < -0.4 is 10.6 Å². The van der Waals surface area contributed by atoms with Crippen molar-refractivity contribution >= 4 is 5.82 Å². The molecule has 0 spiro atoms. The SMILES string of the molecule is CCCN1CCN(c2ncc(CN)cc2C)CC1. The van der Waals surface area contributed by atoms with Crippen LogP contribution in [0.15, 0.2) is 12.3 Å². The van der Waals surface area contributed by atoms with Gasteiger partial charge in [-0.2, -0.15) is 0 Å². The van der Waals surface area contributed by atoms with Gasteiger partial charge in [0.1, 0.15) is 5.82 Å². The summed E-state index contributed by atoms with van der Waals surface area (Å²) in [7, 11) is 0. The fourth-order valence-electron chi connectivity index (χ4n) is 2.57. The molecule has 0 bridgehead atoms. The van der Waals surface area contributed by atoms with Crippen molar-refractivity contribution in [1.29, 1.82) is 0 Å². The average molecular weight is 248 g/mol. The lowest BCUT2D eigenvalue weighted by Crippen LogP contribution is -2.47. The third-order valence-corrected chi connectivity index (χ3v) is 3.55. The molecule has 2 heterocycles. The molecule has 100 valence electrons. The van der Waals surface area contributed by atoms with E-state index >= 15 is 0 Å². The number of hydrogen-bond donors (Lipinski definition) is 1. The molecular formula is C14H24N4. The Balaban J connectivity index is 2.01. The zero-order valence-electron chi connectivity index (χ0n) is 11.5. The molecule has 18 heavy (non-hydrogen) atoms. The van der Waals surface area contributed by atoms with Gasteiger partial charge in [0, 0.05) is 38.9 Å². The van der Waals surface area contributed by atoms with Crippen LogP contribution in [0.2, 0.25) is 0 Å². The van der Waals surface area contributed by atoms with Gasteiger partial charge in [-0.1, -0.05) is 6.92 Å². The minimum absolute atomic E-state index is 0.568. The standard InChI is InChI=1S/C14H24N4/c1-3-4-17-5-7-18(8-6-17)14-12(2)9-13(10-15)11-16-14/h9,11H,3-8,10,15H2,1-2H3. The molecular weight excluding hydrogens is 224 g/mol. The summed E-state index contributed by atoms with van der Waals surface area (Å²) in [5.74, 6) is 1.13. The molecule has 1 aliphatic rings. The van der Waals surface area contributed by atoms with Gasteiger partial charge in [0.05, 0.1) is 0 Å². The largest absolute Gasteiger partial charge is 0.354 e. The van der Waals surface area contributed by atoms with Crippen molar-refractivity contribution in [1.82, 2.24) is 9.88 Å². The van der Waals surface area contributed by atoms with E-state index in [-0.39, 0.29) is 0 Å². The first-order valence-corrected chi connectivity index (χ1v) is 6.87. The maximum atomic E-state index is 5.64. The minimum atomic E-state index is 0.568. The third kappa shape index (κ3) is 3.00. The number of rotatable bonds is 4. The number of aromatic nitrogens is 1. The zero-order valence-corrected chi connectivity index (χ0v) is 11.5. The van der Waals surface area contributed by atoms with E-state index in [0.717, 1.165) is 37.6 Å². The van der Waals surface area contributed by atoms with Crippen LogP contribution in [-0.2, 0) is 6.54 Å². The summed E-state index contributed by atoms with van der Waals surface area (Å²) in [6, 6.07) is 2.15. The summed E-state index contributed by atoms with van der Waals surface area (Å²) in [4.78, 5) is 9.49. The number of aryl methyl sites for hydroxylation is 1. The Labute approximate surface area is 110 Å². The van der Waals surface area contributed by atoms with Crippen LogP contribution in [0.5, 0.6) is 0 Å². The molecule has 0 saturated carbocycles. The molecule has 1 fully saturated rings. The molecule has 2 rings (SSSR count). The normalized spacial score (nSPS) is 17.2. The lowest BCUT2D eigenvalue weighted by atomic mass is 10.2. The average Bonchev–Trinajstić information content (AvgIpc) is 2.40. The first kappa shape index (κ1) is 13.3. The lowest BCUT2D eigenvalue weighted by Gasteiger charge is -2.35. The maximum Gasteiger partial charge on any atom is 0.131 e. The Morgan fingerprint density at radius 3 is 2.56 bits per heavy atom. The fourth-order valence-corrected chi connectivity index (χ4v) is 2.57. The number of pyridine rings is 1. The van der Waals surface area contributed by atoms with Gasteiger partial charge in [0.15, 0.2) is 0 Å². The molecule has 0 amide bonds. The van der Waals surface area contributed by atoms with Crippen LogP contribution in [0, 0.1) is 6.92 Å². The minimum Gasteiger partial charge on any atom is -0.354 e. The van der Waals surface area contributed by atoms with Crippen LogP contribution in [0.4, 0.5) is 5.82 Å². The monoisotopic (exact) mass is 248 g/mol. The summed E-state index contributed by atoms with van der Waals surface area (Å²) in [5.41, 5.74) is 7.99. The number of nitrogens with zero attached hydrogens (tertiary/aromatic N) is 3. The molecule has 1 aliphatic heterocycles. The topological polar surface area (TPSA) is 45.4 Å². The van der Waals surface area contributed by atoms with Crippen LogP contribution in [0.1, 0.15) is 24.5 Å². The highest BCUT2D eigenvalue weighted by Crippen LogP contribution is 2.19. The van der Waals surface area contributed by atoms with Crippen LogP contribution >= 0.6 is 0 Å². The highest BCUT2D eigenvalue weighted by atomic mass is 15.3. The Morgan fingerprint density at radius 2 is 2.00 bits per heavy atom. The highest BCUT2D eigenvalue weighted by molar-refractivity contribution is 5.47.